The first-order valence-electron chi connectivity index (χ1n) is 8.07. The number of nitrogens with zero attached hydrogens (tertiary/aromatic N) is 1. The van der Waals surface area contributed by atoms with E-state index in [0.717, 1.165) is 18.4 Å². The summed E-state index contributed by atoms with van der Waals surface area (Å²) < 4.78 is 19.9. The molecule has 1 N–H and O–H groups in total. The molecular weight excluding hydrogens is 283 g/mol. The van der Waals surface area contributed by atoms with Gasteiger partial charge < -0.3 is 10.1 Å². The Bertz CT molecular complexity index is 511. The van der Waals surface area contributed by atoms with Crippen molar-refractivity contribution in [1.29, 1.82) is 0 Å². The van der Waals surface area contributed by atoms with Gasteiger partial charge in [0.1, 0.15) is 6.17 Å². The fraction of sp³-hybridized carbons (Fsp3) is 0.588. The largest absolute Gasteiger partial charge is 0.450 e. The van der Waals surface area contributed by atoms with Crippen LogP contribution in [0.15, 0.2) is 30.3 Å². The third-order valence-corrected chi connectivity index (χ3v) is 4.71. The number of ether oxygens (including phenoxy) is 1. The van der Waals surface area contributed by atoms with Crippen molar-refractivity contribution in [3.8, 4) is 0 Å². The maximum Gasteiger partial charge on any atom is 0.410 e. The smallest absolute Gasteiger partial charge is 0.410 e. The van der Waals surface area contributed by atoms with Crippen LogP contribution < -0.4 is 5.32 Å². The molecule has 4 atom stereocenters. The van der Waals surface area contributed by atoms with E-state index in [-0.39, 0.29) is 24.2 Å². The fourth-order valence-electron chi connectivity index (χ4n) is 3.67. The molecule has 0 unspecified atom stereocenters. The summed E-state index contributed by atoms with van der Waals surface area (Å²) in [6, 6.07) is 9.57. The van der Waals surface area contributed by atoms with Crippen LogP contribution in [0.5, 0.6) is 0 Å². The summed E-state index contributed by atoms with van der Waals surface area (Å²) in [6.45, 7) is 2.77. The molecule has 0 saturated carbocycles. The predicted molar refractivity (Wildman–Crippen MR) is 82.3 cm³/mol. The minimum Gasteiger partial charge on any atom is -0.450 e. The summed E-state index contributed by atoms with van der Waals surface area (Å²) in [7, 11) is 0. The maximum atomic E-state index is 14.8. The van der Waals surface area contributed by atoms with Gasteiger partial charge in [-0.2, -0.15) is 0 Å². The van der Waals surface area contributed by atoms with Crippen molar-refractivity contribution in [2.24, 2.45) is 0 Å². The lowest BCUT2D eigenvalue weighted by molar-refractivity contribution is 0.0263. The zero-order chi connectivity index (χ0) is 15.5. The third kappa shape index (κ3) is 2.95. The lowest BCUT2D eigenvalue weighted by Crippen LogP contribution is -2.58. The van der Waals surface area contributed by atoms with Gasteiger partial charge in [-0.05, 0) is 31.7 Å². The number of rotatable bonds is 4. The minimum atomic E-state index is -1.04. The number of benzene rings is 1. The zero-order valence-electron chi connectivity index (χ0n) is 12.9. The van der Waals surface area contributed by atoms with Gasteiger partial charge in [0.15, 0.2) is 0 Å². The van der Waals surface area contributed by atoms with Crippen molar-refractivity contribution in [2.75, 3.05) is 6.61 Å². The number of nitrogens with one attached hydrogen (secondary N) is 1. The second-order valence-electron chi connectivity index (χ2n) is 6.06. The molecule has 2 aliphatic heterocycles. The molecule has 2 aliphatic rings. The van der Waals surface area contributed by atoms with Gasteiger partial charge in [0, 0.05) is 18.6 Å². The van der Waals surface area contributed by atoms with Crippen LogP contribution in [0.1, 0.15) is 31.7 Å². The molecule has 1 aromatic rings. The number of amides is 1. The van der Waals surface area contributed by atoms with Crippen molar-refractivity contribution in [3.63, 3.8) is 0 Å². The number of piperidine rings is 1. The number of halogens is 1. The summed E-state index contributed by atoms with van der Waals surface area (Å²) in [6.07, 6.45) is 0.858. The maximum absolute atomic E-state index is 14.8. The van der Waals surface area contributed by atoms with E-state index in [2.05, 4.69) is 5.32 Å². The minimum absolute atomic E-state index is 0.101. The van der Waals surface area contributed by atoms with Gasteiger partial charge in [-0.25, -0.2) is 9.18 Å². The zero-order valence-corrected chi connectivity index (χ0v) is 12.9. The molecule has 4 nitrogen and oxygen atoms in total. The van der Waals surface area contributed by atoms with E-state index in [1.165, 1.54) is 0 Å². The van der Waals surface area contributed by atoms with Crippen molar-refractivity contribution < 1.29 is 13.9 Å². The highest BCUT2D eigenvalue weighted by molar-refractivity contribution is 5.69. The molecule has 1 aromatic carbocycles. The first kappa shape index (κ1) is 15.3. The molecule has 120 valence electrons. The van der Waals surface area contributed by atoms with Crippen molar-refractivity contribution in [3.05, 3.63) is 35.9 Å². The first-order valence-corrected chi connectivity index (χ1v) is 8.07. The molecule has 22 heavy (non-hydrogen) atoms. The van der Waals surface area contributed by atoms with Crippen LogP contribution >= 0.6 is 0 Å². The highest BCUT2D eigenvalue weighted by Gasteiger charge is 2.50. The van der Waals surface area contributed by atoms with Gasteiger partial charge in [-0.15, -0.1) is 0 Å². The molecule has 0 aromatic heterocycles. The summed E-state index contributed by atoms with van der Waals surface area (Å²) in [5.41, 5.74) is 1.15. The Kier molecular flexibility index (Phi) is 4.62. The molecule has 2 saturated heterocycles. The van der Waals surface area contributed by atoms with Crippen molar-refractivity contribution in [1.82, 2.24) is 10.2 Å². The van der Waals surface area contributed by atoms with E-state index in [9.17, 15) is 9.18 Å². The van der Waals surface area contributed by atoms with Crippen molar-refractivity contribution >= 4 is 6.09 Å². The van der Waals surface area contributed by atoms with E-state index in [4.69, 9.17) is 4.74 Å². The second kappa shape index (κ2) is 6.65. The van der Waals surface area contributed by atoms with Crippen LogP contribution in [0.4, 0.5) is 9.18 Å². The van der Waals surface area contributed by atoms with E-state index < -0.39 is 6.17 Å². The lowest BCUT2D eigenvalue weighted by atomic mass is 9.95. The molecule has 0 aliphatic carbocycles. The SMILES string of the molecule is CCOC(=O)N1[C@@H]2CC[C@H]1[C@H](F)[C@H](NCc1ccccc1)C2. The third-order valence-electron chi connectivity index (χ3n) is 4.71. The Morgan fingerprint density at radius 3 is 2.86 bits per heavy atom. The molecule has 1 amide bonds. The van der Waals surface area contributed by atoms with Crippen LogP contribution in [0.2, 0.25) is 0 Å². The van der Waals surface area contributed by atoms with Gasteiger partial charge in [-0.1, -0.05) is 30.3 Å². The number of alkyl halides is 1. The average Bonchev–Trinajstić information content (AvgIpc) is 2.88. The van der Waals surface area contributed by atoms with Gasteiger partial charge in [0.25, 0.3) is 0 Å². The van der Waals surface area contributed by atoms with Crippen LogP contribution in [0.25, 0.3) is 0 Å². The van der Waals surface area contributed by atoms with Gasteiger partial charge in [-0.3, -0.25) is 4.90 Å². The Hall–Kier alpha value is -1.62. The predicted octanol–water partition coefficient (Wildman–Crippen LogP) is 2.88. The number of hydrogen-bond donors (Lipinski definition) is 1. The van der Waals surface area contributed by atoms with Crippen LogP contribution in [0.3, 0.4) is 0 Å². The van der Waals surface area contributed by atoms with Crippen LogP contribution in [-0.2, 0) is 11.3 Å². The van der Waals surface area contributed by atoms with Crippen LogP contribution in [-0.4, -0.2) is 41.9 Å². The average molecular weight is 306 g/mol. The summed E-state index contributed by atoms with van der Waals surface area (Å²) >= 11 is 0. The molecule has 2 bridgehead atoms. The standard InChI is InChI=1S/C17H23FN2O2/c1-2-22-17(21)20-13-8-9-15(20)16(18)14(10-13)19-11-12-6-4-3-5-7-12/h3-7,13-16,19H,2,8-11H2,1H3/t13-,14-,15+,16-/m1/s1. The van der Waals surface area contributed by atoms with Gasteiger partial charge in [0.05, 0.1) is 12.6 Å². The highest BCUT2D eigenvalue weighted by atomic mass is 19.1. The molecule has 0 spiro atoms. The first-order chi connectivity index (χ1) is 10.7. The monoisotopic (exact) mass is 306 g/mol. The second-order valence-corrected chi connectivity index (χ2v) is 6.06. The van der Waals surface area contributed by atoms with E-state index in [1.807, 2.05) is 30.3 Å². The molecule has 2 heterocycles. The summed E-state index contributed by atoms with van der Waals surface area (Å²) in [5.74, 6) is 0. The molecule has 5 heteroatoms. The van der Waals surface area contributed by atoms with Gasteiger partial charge >= 0.3 is 6.09 Å². The topological polar surface area (TPSA) is 41.6 Å². The molecular formula is C17H23FN2O2. The Morgan fingerprint density at radius 1 is 1.36 bits per heavy atom. The highest BCUT2D eigenvalue weighted by Crippen LogP contribution is 2.38. The molecule has 2 fully saturated rings. The van der Waals surface area contributed by atoms with Crippen molar-refractivity contribution in [2.45, 2.75) is 57.0 Å². The van der Waals surface area contributed by atoms with E-state index in [1.54, 1.807) is 11.8 Å². The Morgan fingerprint density at radius 2 is 2.14 bits per heavy atom. The summed E-state index contributed by atoms with van der Waals surface area (Å²) in [5, 5.41) is 3.33. The van der Waals surface area contributed by atoms with E-state index >= 15 is 0 Å². The van der Waals surface area contributed by atoms with Crippen LogP contribution in [0, 0.1) is 0 Å². The van der Waals surface area contributed by atoms with E-state index in [0.29, 0.717) is 19.6 Å². The Balaban J connectivity index is 1.62. The van der Waals surface area contributed by atoms with Gasteiger partial charge in [0.2, 0.25) is 0 Å². The summed E-state index contributed by atoms with van der Waals surface area (Å²) in [4.78, 5) is 13.6. The number of fused-ring (bicyclic) bond motifs is 2. The quantitative estimate of drug-likeness (QED) is 0.930. The number of carbonyl (C=O) groups is 1. The fourth-order valence-corrected chi connectivity index (χ4v) is 3.67. The number of hydrogen-bond acceptors (Lipinski definition) is 3. The number of carbonyl (C=O) groups excluding carboxylic acids is 1. The lowest BCUT2D eigenvalue weighted by Gasteiger charge is -2.40. The Labute approximate surface area is 130 Å². The molecule has 3 rings (SSSR count). The normalized spacial score (nSPS) is 30.4. The molecule has 0 radical (unpaired) electrons.